The van der Waals surface area contributed by atoms with Crippen molar-refractivity contribution in [3.63, 3.8) is 0 Å². The highest BCUT2D eigenvalue weighted by atomic mass is 32.1. The minimum atomic E-state index is 0.291. The second kappa shape index (κ2) is 5.08. The molecule has 0 fully saturated rings. The van der Waals surface area contributed by atoms with Crippen molar-refractivity contribution in [2.75, 3.05) is 7.05 Å². The summed E-state index contributed by atoms with van der Waals surface area (Å²) in [5.41, 5.74) is 5.84. The molecule has 0 aromatic heterocycles. The molecule has 0 aliphatic carbocycles. The molecule has 0 bridgehead atoms. The van der Waals surface area contributed by atoms with Gasteiger partial charge in [0.1, 0.15) is 0 Å². The maximum atomic E-state index is 5.55. The normalized spacial score (nSPS) is 16.8. The topological polar surface area (TPSA) is 29.3 Å². The van der Waals surface area contributed by atoms with Gasteiger partial charge in [0.05, 0.1) is 4.99 Å². The summed E-state index contributed by atoms with van der Waals surface area (Å²) in [4.78, 5) is 2.95. The van der Waals surface area contributed by atoms with Crippen LogP contribution in [0.3, 0.4) is 0 Å². The number of rotatable bonds is 4. The largest absolute Gasteiger partial charge is 0.393 e. The lowest BCUT2D eigenvalue weighted by molar-refractivity contribution is 0.107. The third-order valence-electron chi connectivity index (χ3n) is 3.06. The van der Waals surface area contributed by atoms with Crippen LogP contribution in [-0.4, -0.2) is 29.0 Å². The third-order valence-corrected chi connectivity index (χ3v) is 3.22. The fourth-order valence-corrected chi connectivity index (χ4v) is 1.67. The van der Waals surface area contributed by atoms with Crippen LogP contribution < -0.4 is 5.73 Å². The quantitative estimate of drug-likeness (QED) is 0.732. The average Bonchev–Trinajstić information content (AvgIpc) is 1.98. The molecule has 14 heavy (non-hydrogen) atoms. The van der Waals surface area contributed by atoms with E-state index in [2.05, 4.69) is 46.6 Å². The van der Waals surface area contributed by atoms with E-state index < -0.39 is 0 Å². The monoisotopic (exact) mass is 216 g/mol. The van der Waals surface area contributed by atoms with Crippen molar-refractivity contribution in [1.29, 1.82) is 0 Å². The van der Waals surface area contributed by atoms with Crippen LogP contribution >= 0.6 is 12.2 Å². The molecule has 3 heteroatoms. The van der Waals surface area contributed by atoms with Crippen LogP contribution in [0.1, 0.15) is 41.0 Å². The fraction of sp³-hybridized carbons (Fsp3) is 0.909. The highest BCUT2D eigenvalue weighted by molar-refractivity contribution is 7.80. The molecule has 0 aromatic carbocycles. The van der Waals surface area contributed by atoms with Gasteiger partial charge in [-0.2, -0.15) is 0 Å². The lowest BCUT2D eigenvalue weighted by Crippen LogP contribution is -2.45. The maximum Gasteiger partial charge on any atom is 0.0742 e. The van der Waals surface area contributed by atoms with Crippen LogP contribution in [0.5, 0.6) is 0 Å². The second-order valence-corrected chi connectivity index (χ2v) is 5.75. The molecule has 2 nitrogen and oxygen atoms in total. The zero-order valence-corrected chi connectivity index (χ0v) is 11.1. The van der Waals surface area contributed by atoms with Crippen LogP contribution in [0.15, 0.2) is 0 Å². The Morgan fingerprint density at radius 2 is 1.79 bits per heavy atom. The van der Waals surface area contributed by atoms with Crippen LogP contribution in [-0.2, 0) is 0 Å². The number of hydrogen-bond donors (Lipinski definition) is 1. The first kappa shape index (κ1) is 13.8. The SMILES string of the molecule is CC(CC(N)=S)N(C)C(C)C(C)(C)C. The molecule has 0 spiro atoms. The molecule has 2 unspecified atom stereocenters. The average molecular weight is 216 g/mol. The Kier molecular flexibility index (Phi) is 5.02. The predicted molar refractivity (Wildman–Crippen MR) is 67.5 cm³/mol. The van der Waals surface area contributed by atoms with Gasteiger partial charge in [-0.25, -0.2) is 0 Å². The first-order chi connectivity index (χ1) is 6.16. The number of nitrogens with zero attached hydrogens (tertiary/aromatic N) is 1. The molecule has 2 N–H and O–H groups in total. The first-order valence-corrected chi connectivity index (χ1v) is 5.57. The van der Waals surface area contributed by atoms with Crippen molar-refractivity contribution >= 4 is 17.2 Å². The van der Waals surface area contributed by atoms with Gasteiger partial charge in [-0.15, -0.1) is 0 Å². The van der Waals surface area contributed by atoms with E-state index in [9.17, 15) is 0 Å². The summed E-state index contributed by atoms with van der Waals surface area (Å²) in [7, 11) is 2.14. The van der Waals surface area contributed by atoms with E-state index in [4.69, 9.17) is 18.0 Å². The van der Waals surface area contributed by atoms with E-state index in [-0.39, 0.29) is 0 Å². The zero-order valence-electron chi connectivity index (χ0n) is 10.3. The Morgan fingerprint density at radius 1 is 1.36 bits per heavy atom. The second-order valence-electron chi connectivity index (χ2n) is 5.23. The lowest BCUT2D eigenvalue weighted by atomic mass is 9.86. The molecule has 0 amide bonds. The van der Waals surface area contributed by atoms with Crippen LogP contribution in [0.4, 0.5) is 0 Å². The Labute approximate surface area is 93.8 Å². The first-order valence-electron chi connectivity index (χ1n) is 5.16. The number of thiocarbonyl (C=S) groups is 1. The van der Waals surface area contributed by atoms with E-state index in [1.54, 1.807) is 0 Å². The lowest BCUT2D eigenvalue weighted by Gasteiger charge is -2.38. The summed E-state index contributed by atoms with van der Waals surface area (Å²) in [6.45, 7) is 11.2. The summed E-state index contributed by atoms with van der Waals surface area (Å²) in [6, 6.07) is 0.938. The van der Waals surface area contributed by atoms with Gasteiger partial charge < -0.3 is 10.6 Å². The third kappa shape index (κ3) is 4.38. The molecule has 0 saturated heterocycles. The van der Waals surface area contributed by atoms with Crippen molar-refractivity contribution < 1.29 is 0 Å². The minimum Gasteiger partial charge on any atom is -0.393 e. The van der Waals surface area contributed by atoms with Crippen LogP contribution in [0.25, 0.3) is 0 Å². The Balaban J connectivity index is 4.31. The van der Waals surface area contributed by atoms with E-state index in [1.807, 2.05) is 0 Å². The minimum absolute atomic E-state index is 0.291. The smallest absolute Gasteiger partial charge is 0.0742 e. The van der Waals surface area contributed by atoms with Gasteiger partial charge in [0.2, 0.25) is 0 Å². The molecule has 0 aliphatic heterocycles. The summed E-state index contributed by atoms with van der Waals surface area (Å²) in [5.74, 6) is 0. The summed E-state index contributed by atoms with van der Waals surface area (Å²) in [6.07, 6.45) is 0.798. The van der Waals surface area contributed by atoms with E-state index >= 15 is 0 Å². The van der Waals surface area contributed by atoms with Crippen molar-refractivity contribution in [2.24, 2.45) is 11.1 Å². The molecule has 0 saturated carbocycles. The van der Waals surface area contributed by atoms with Gasteiger partial charge in [0.25, 0.3) is 0 Å². The van der Waals surface area contributed by atoms with Crippen LogP contribution in [0, 0.1) is 5.41 Å². The molecular formula is C11H24N2S. The molecule has 0 aromatic rings. The number of nitrogens with two attached hydrogens (primary N) is 1. The van der Waals surface area contributed by atoms with Crippen LogP contribution in [0.2, 0.25) is 0 Å². The Bertz CT molecular complexity index is 196. The highest BCUT2D eigenvalue weighted by Gasteiger charge is 2.26. The van der Waals surface area contributed by atoms with Crippen molar-refractivity contribution in [2.45, 2.75) is 53.1 Å². The van der Waals surface area contributed by atoms with E-state index in [0.29, 0.717) is 22.5 Å². The van der Waals surface area contributed by atoms with E-state index in [0.717, 1.165) is 6.42 Å². The summed E-state index contributed by atoms with van der Waals surface area (Å²) >= 11 is 4.92. The highest BCUT2D eigenvalue weighted by Crippen LogP contribution is 2.24. The van der Waals surface area contributed by atoms with Crippen molar-refractivity contribution in [3.8, 4) is 0 Å². The van der Waals surface area contributed by atoms with Gasteiger partial charge in [0.15, 0.2) is 0 Å². The predicted octanol–water partition coefficient (Wildman–Crippen LogP) is 2.42. The van der Waals surface area contributed by atoms with Gasteiger partial charge in [-0.1, -0.05) is 33.0 Å². The fourth-order valence-electron chi connectivity index (χ4n) is 1.43. The maximum absolute atomic E-state index is 5.55. The van der Waals surface area contributed by atoms with Gasteiger partial charge >= 0.3 is 0 Å². The van der Waals surface area contributed by atoms with Crippen molar-refractivity contribution in [3.05, 3.63) is 0 Å². The van der Waals surface area contributed by atoms with Gasteiger partial charge in [-0.3, -0.25) is 0 Å². The standard InChI is InChI=1S/C11H24N2S/c1-8(7-10(12)14)13(6)9(2)11(3,4)5/h8-9H,7H2,1-6H3,(H2,12,14). The van der Waals surface area contributed by atoms with E-state index in [1.165, 1.54) is 0 Å². The Morgan fingerprint density at radius 3 is 2.07 bits per heavy atom. The molecule has 0 heterocycles. The van der Waals surface area contributed by atoms with Gasteiger partial charge in [-0.05, 0) is 26.3 Å². The molecule has 0 aliphatic rings. The summed E-state index contributed by atoms with van der Waals surface area (Å²) < 4.78 is 0. The number of hydrogen-bond acceptors (Lipinski definition) is 2. The molecule has 0 radical (unpaired) electrons. The molecule has 84 valence electrons. The summed E-state index contributed by atoms with van der Waals surface area (Å²) in [5, 5.41) is 0. The van der Waals surface area contributed by atoms with Gasteiger partial charge in [0, 0.05) is 18.5 Å². The molecular weight excluding hydrogens is 192 g/mol. The Hall–Kier alpha value is -0.150. The molecule has 2 atom stereocenters. The van der Waals surface area contributed by atoms with Crippen molar-refractivity contribution in [1.82, 2.24) is 4.90 Å². The molecule has 0 rings (SSSR count). The zero-order chi connectivity index (χ0) is 11.5.